The highest BCUT2D eigenvalue weighted by molar-refractivity contribution is 5.30. The molecule has 0 spiro atoms. The number of hydrogen-bond donors (Lipinski definition) is 2. The van der Waals surface area contributed by atoms with Gasteiger partial charge in [-0.2, -0.15) is 0 Å². The predicted molar refractivity (Wildman–Crippen MR) is 63.5 cm³/mol. The molecule has 1 aromatic heterocycles. The number of likely N-dealkylation sites (N-methyl/N-ethyl adjacent to an activating group) is 1. The summed E-state index contributed by atoms with van der Waals surface area (Å²) in [4.78, 5) is 26.8. The number of aromatic nitrogens is 2. The average Bonchev–Trinajstić information content (AvgIpc) is 2.26. The molecular weight excluding hydrogens is 208 g/mol. The quantitative estimate of drug-likeness (QED) is 0.706. The summed E-state index contributed by atoms with van der Waals surface area (Å²) in [6, 6.07) is 0. The predicted octanol–water partition coefficient (Wildman–Crippen LogP) is -0.539. The van der Waals surface area contributed by atoms with Gasteiger partial charge in [0, 0.05) is 19.3 Å². The van der Waals surface area contributed by atoms with E-state index in [4.69, 9.17) is 5.73 Å². The summed E-state index contributed by atoms with van der Waals surface area (Å²) in [5, 5.41) is 0. The second-order valence-corrected chi connectivity index (χ2v) is 3.56. The minimum atomic E-state index is -0.524. The normalized spacial score (nSPS) is 10.9. The summed E-state index contributed by atoms with van der Waals surface area (Å²) in [6.07, 6.45) is 1.39. The molecule has 0 saturated heterocycles. The monoisotopic (exact) mass is 226 g/mol. The molecule has 0 atom stereocenters. The van der Waals surface area contributed by atoms with E-state index in [0.29, 0.717) is 6.54 Å². The molecule has 90 valence electrons. The van der Waals surface area contributed by atoms with Gasteiger partial charge in [0.15, 0.2) is 0 Å². The molecule has 0 bridgehead atoms. The summed E-state index contributed by atoms with van der Waals surface area (Å²) in [5.41, 5.74) is 4.58. The average molecular weight is 226 g/mol. The van der Waals surface area contributed by atoms with Crippen LogP contribution in [0.4, 0.5) is 5.69 Å². The minimum Gasteiger partial charge on any atom is -0.393 e. The van der Waals surface area contributed by atoms with Crippen LogP contribution in [0.2, 0.25) is 0 Å². The fourth-order valence-corrected chi connectivity index (χ4v) is 1.48. The van der Waals surface area contributed by atoms with Crippen molar-refractivity contribution in [2.75, 3.05) is 25.4 Å². The van der Waals surface area contributed by atoms with Gasteiger partial charge in [-0.05, 0) is 13.1 Å². The lowest BCUT2D eigenvalue weighted by Gasteiger charge is -2.18. The van der Waals surface area contributed by atoms with Crippen LogP contribution >= 0.6 is 0 Å². The molecule has 3 N–H and O–H groups in total. The van der Waals surface area contributed by atoms with E-state index in [1.807, 2.05) is 0 Å². The van der Waals surface area contributed by atoms with Crippen LogP contribution in [0.3, 0.4) is 0 Å². The van der Waals surface area contributed by atoms with Crippen molar-refractivity contribution in [3.63, 3.8) is 0 Å². The standard InChI is InChI=1S/C10H18N4O2/c1-3-13(4-2)5-6-14-7-8(11)9(15)12-10(14)16/h7H,3-6,11H2,1-2H3,(H,12,15,16). The first-order valence-corrected chi connectivity index (χ1v) is 5.40. The maximum Gasteiger partial charge on any atom is 0.328 e. The molecule has 0 aliphatic heterocycles. The molecule has 0 radical (unpaired) electrons. The van der Waals surface area contributed by atoms with Crippen LogP contribution in [0, 0.1) is 0 Å². The van der Waals surface area contributed by atoms with E-state index >= 15 is 0 Å². The lowest BCUT2D eigenvalue weighted by atomic mass is 10.4. The number of nitrogens with one attached hydrogen (secondary N) is 1. The Bertz CT molecular complexity index is 445. The Morgan fingerprint density at radius 3 is 2.56 bits per heavy atom. The van der Waals surface area contributed by atoms with E-state index in [-0.39, 0.29) is 5.69 Å². The molecule has 1 aromatic rings. The fourth-order valence-electron chi connectivity index (χ4n) is 1.48. The van der Waals surface area contributed by atoms with E-state index in [0.717, 1.165) is 19.6 Å². The zero-order chi connectivity index (χ0) is 12.1. The SMILES string of the molecule is CCN(CC)CCn1cc(N)c(=O)[nH]c1=O. The molecule has 6 heteroatoms. The fraction of sp³-hybridized carbons (Fsp3) is 0.600. The van der Waals surface area contributed by atoms with Crippen LogP contribution in [0.15, 0.2) is 15.8 Å². The van der Waals surface area contributed by atoms with Crippen LogP contribution in [-0.4, -0.2) is 34.1 Å². The maximum absolute atomic E-state index is 11.4. The molecule has 0 fully saturated rings. The van der Waals surface area contributed by atoms with Gasteiger partial charge in [0.2, 0.25) is 0 Å². The molecule has 0 amide bonds. The molecular formula is C10H18N4O2. The van der Waals surface area contributed by atoms with Gasteiger partial charge < -0.3 is 10.6 Å². The van der Waals surface area contributed by atoms with E-state index in [9.17, 15) is 9.59 Å². The Balaban J connectivity index is 2.78. The maximum atomic E-state index is 11.4. The first kappa shape index (κ1) is 12.5. The number of H-pyrrole nitrogens is 1. The van der Waals surface area contributed by atoms with Crippen molar-refractivity contribution < 1.29 is 0 Å². The van der Waals surface area contributed by atoms with Gasteiger partial charge in [0.05, 0.1) is 0 Å². The zero-order valence-electron chi connectivity index (χ0n) is 9.69. The first-order chi connectivity index (χ1) is 7.58. The second kappa shape index (κ2) is 5.50. The highest BCUT2D eigenvalue weighted by atomic mass is 16.2. The third kappa shape index (κ3) is 2.96. The number of aromatic amines is 1. The van der Waals surface area contributed by atoms with Gasteiger partial charge >= 0.3 is 5.69 Å². The molecule has 6 nitrogen and oxygen atoms in total. The molecule has 0 aliphatic rings. The summed E-state index contributed by atoms with van der Waals surface area (Å²) < 4.78 is 1.43. The minimum absolute atomic E-state index is 0.0687. The molecule has 1 heterocycles. The van der Waals surface area contributed by atoms with Crippen LogP contribution in [0.5, 0.6) is 0 Å². The summed E-state index contributed by atoms with van der Waals surface area (Å²) in [7, 11) is 0. The summed E-state index contributed by atoms with van der Waals surface area (Å²) in [5.74, 6) is 0. The summed E-state index contributed by atoms with van der Waals surface area (Å²) in [6.45, 7) is 7.29. The topological polar surface area (TPSA) is 84.1 Å². The van der Waals surface area contributed by atoms with Gasteiger partial charge in [0.1, 0.15) is 5.69 Å². The van der Waals surface area contributed by atoms with Crippen LogP contribution < -0.4 is 17.0 Å². The third-order valence-electron chi connectivity index (χ3n) is 2.59. The largest absolute Gasteiger partial charge is 0.393 e. The van der Waals surface area contributed by atoms with Crippen molar-refractivity contribution in [2.45, 2.75) is 20.4 Å². The second-order valence-electron chi connectivity index (χ2n) is 3.56. The van der Waals surface area contributed by atoms with E-state index in [1.165, 1.54) is 10.8 Å². The molecule has 0 aliphatic carbocycles. The highest BCUT2D eigenvalue weighted by Gasteiger charge is 2.03. The number of nitrogens with zero attached hydrogens (tertiary/aromatic N) is 2. The van der Waals surface area contributed by atoms with Gasteiger partial charge in [-0.15, -0.1) is 0 Å². The zero-order valence-corrected chi connectivity index (χ0v) is 9.69. The Morgan fingerprint density at radius 1 is 1.38 bits per heavy atom. The number of anilines is 1. The van der Waals surface area contributed by atoms with E-state index in [1.54, 1.807) is 0 Å². The lowest BCUT2D eigenvalue weighted by molar-refractivity contribution is 0.288. The van der Waals surface area contributed by atoms with Crippen molar-refractivity contribution in [3.8, 4) is 0 Å². The lowest BCUT2D eigenvalue weighted by Crippen LogP contribution is -2.35. The van der Waals surface area contributed by atoms with Gasteiger partial charge in [0.25, 0.3) is 5.56 Å². The number of nitrogens with two attached hydrogens (primary N) is 1. The van der Waals surface area contributed by atoms with Crippen LogP contribution in [-0.2, 0) is 6.54 Å². The number of hydrogen-bond acceptors (Lipinski definition) is 4. The van der Waals surface area contributed by atoms with Crippen molar-refractivity contribution >= 4 is 5.69 Å². The van der Waals surface area contributed by atoms with E-state index < -0.39 is 11.2 Å². The van der Waals surface area contributed by atoms with Crippen molar-refractivity contribution in [1.29, 1.82) is 0 Å². The van der Waals surface area contributed by atoms with Gasteiger partial charge in [-0.25, -0.2) is 4.79 Å². The Kier molecular flexibility index (Phi) is 4.30. The Morgan fingerprint density at radius 2 is 2.00 bits per heavy atom. The molecule has 0 aromatic carbocycles. The van der Waals surface area contributed by atoms with Crippen LogP contribution in [0.25, 0.3) is 0 Å². The molecule has 0 unspecified atom stereocenters. The highest BCUT2D eigenvalue weighted by Crippen LogP contribution is 1.91. The molecule has 1 rings (SSSR count). The third-order valence-corrected chi connectivity index (χ3v) is 2.59. The van der Waals surface area contributed by atoms with Gasteiger partial charge in [-0.1, -0.05) is 13.8 Å². The van der Waals surface area contributed by atoms with Crippen molar-refractivity contribution in [2.24, 2.45) is 0 Å². The Labute approximate surface area is 93.7 Å². The van der Waals surface area contributed by atoms with Gasteiger partial charge in [-0.3, -0.25) is 14.3 Å². The summed E-state index contributed by atoms with van der Waals surface area (Å²) >= 11 is 0. The van der Waals surface area contributed by atoms with E-state index in [2.05, 4.69) is 23.7 Å². The molecule has 16 heavy (non-hydrogen) atoms. The smallest absolute Gasteiger partial charge is 0.328 e. The number of nitrogen functional groups attached to an aromatic ring is 1. The van der Waals surface area contributed by atoms with Crippen molar-refractivity contribution in [1.82, 2.24) is 14.5 Å². The van der Waals surface area contributed by atoms with Crippen LogP contribution in [0.1, 0.15) is 13.8 Å². The first-order valence-electron chi connectivity index (χ1n) is 5.40. The van der Waals surface area contributed by atoms with Crippen molar-refractivity contribution in [3.05, 3.63) is 27.0 Å². The number of rotatable bonds is 5. The molecule has 0 saturated carbocycles. The Hall–Kier alpha value is -1.56.